The molecule has 0 aliphatic heterocycles. The molecule has 13 heavy (non-hydrogen) atoms. The molecule has 0 aliphatic carbocycles. The lowest BCUT2D eigenvalue weighted by Crippen LogP contribution is -2.02. The van der Waals surface area contributed by atoms with Crippen LogP contribution in [-0.2, 0) is 6.54 Å². The Balaban J connectivity index is 2.24. The van der Waals surface area contributed by atoms with Crippen LogP contribution in [0.5, 0.6) is 0 Å². The van der Waals surface area contributed by atoms with Crippen LogP contribution >= 0.6 is 27.3 Å². The molecule has 0 aliphatic rings. The van der Waals surface area contributed by atoms with Crippen molar-refractivity contribution in [3.05, 3.63) is 33.2 Å². The van der Waals surface area contributed by atoms with E-state index in [9.17, 15) is 0 Å². The molecule has 0 spiro atoms. The number of hydrogen-bond donors (Lipinski definition) is 1. The Bertz CT molecular complexity index is 369. The van der Waals surface area contributed by atoms with E-state index in [1.54, 1.807) is 17.5 Å². The molecule has 0 amide bonds. The first-order valence-corrected chi connectivity index (χ1v) is 5.43. The summed E-state index contributed by atoms with van der Waals surface area (Å²) in [4.78, 5) is 3.96. The highest BCUT2D eigenvalue weighted by molar-refractivity contribution is 9.11. The van der Waals surface area contributed by atoms with Crippen LogP contribution in [0.25, 0.3) is 0 Å². The average Bonchev–Trinajstić information content (AvgIpc) is 2.65. The first-order chi connectivity index (χ1) is 6.27. The summed E-state index contributed by atoms with van der Waals surface area (Å²) in [5.74, 6) is 0.554. The number of anilines is 1. The number of imidazole rings is 1. The second-order valence-corrected chi connectivity index (χ2v) is 4.87. The SMILES string of the molecule is Nc1nccn1Cc1ccsc1Br. The number of halogens is 1. The van der Waals surface area contributed by atoms with Gasteiger partial charge in [0.2, 0.25) is 0 Å². The molecule has 68 valence electrons. The summed E-state index contributed by atoms with van der Waals surface area (Å²) in [5.41, 5.74) is 6.88. The molecule has 0 saturated heterocycles. The molecule has 2 rings (SSSR count). The molecule has 0 bridgehead atoms. The molecular weight excluding hydrogens is 250 g/mol. The Labute approximate surface area is 88.3 Å². The summed E-state index contributed by atoms with van der Waals surface area (Å²) < 4.78 is 3.06. The summed E-state index contributed by atoms with van der Waals surface area (Å²) in [5, 5.41) is 2.05. The first kappa shape index (κ1) is 8.77. The number of hydrogen-bond acceptors (Lipinski definition) is 3. The molecule has 2 aromatic rings. The van der Waals surface area contributed by atoms with Crippen molar-refractivity contribution in [2.24, 2.45) is 0 Å². The molecule has 2 heterocycles. The van der Waals surface area contributed by atoms with Gasteiger partial charge >= 0.3 is 0 Å². The summed E-state index contributed by atoms with van der Waals surface area (Å²) in [7, 11) is 0. The van der Waals surface area contributed by atoms with E-state index in [-0.39, 0.29) is 0 Å². The topological polar surface area (TPSA) is 43.8 Å². The van der Waals surface area contributed by atoms with E-state index >= 15 is 0 Å². The van der Waals surface area contributed by atoms with Crippen molar-refractivity contribution in [3.63, 3.8) is 0 Å². The van der Waals surface area contributed by atoms with Crippen LogP contribution in [0.1, 0.15) is 5.56 Å². The minimum atomic E-state index is 0.554. The Morgan fingerprint density at radius 3 is 3.00 bits per heavy atom. The third-order valence-corrected chi connectivity index (χ3v) is 3.59. The molecule has 2 aromatic heterocycles. The summed E-state index contributed by atoms with van der Waals surface area (Å²) >= 11 is 5.15. The summed E-state index contributed by atoms with van der Waals surface area (Å²) in [6, 6.07) is 2.08. The van der Waals surface area contributed by atoms with Crippen molar-refractivity contribution < 1.29 is 0 Å². The number of nitrogens with zero attached hydrogens (tertiary/aromatic N) is 2. The Morgan fingerprint density at radius 1 is 1.62 bits per heavy atom. The van der Waals surface area contributed by atoms with Crippen molar-refractivity contribution >= 4 is 33.2 Å². The molecule has 3 nitrogen and oxygen atoms in total. The average molecular weight is 258 g/mol. The first-order valence-electron chi connectivity index (χ1n) is 3.76. The number of thiophene rings is 1. The van der Waals surface area contributed by atoms with Crippen LogP contribution in [-0.4, -0.2) is 9.55 Å². The van der Waals surface area contributed by atoms with Crippen LogP contribution in [0.2, 0.25) is 0 Å². The van der Waals surface area contributed by atoms with E-state index in [0.717, 1.165) is 10.3 Å². The predicted molar refractivity (Wildman–Crippen MR) is 57.8 cm³/mol. The zero-order chi connectivity index (χ0) is 9.26. The third-order valence-electron chi connectivity index (χ3n) is 1.78. The summed E-state index contributed by atoms with van der Waals surface area (Å²) in [6.45, 7) is 0.774. The lowest BCUT2D eigenvalue weighted by molar-refractivity contribution is 0.811. The van der Waals surface area contributed by atoms with E-state index in [1.165, 1.54) is 5.56 Å². The smallest absolute Gasteiger partial charge is 0.200 e. The van der Waals surface area contributed by atoms with Crippen LogP contribution in [0.4, 0.5) is 5.95 Å². The van der Waals surface area contributed by atoms with Gasteiger partial charge in [-0.3, -0.25) is 0 Å². The highest BCUT2D eigenvalue weighted by atomic mass is 79.9. The monoisotopic (exact) mass is 257 g/mol. The number of aromatic nitrogens is 2. The Kier molecular flexibility index (Phi) is 2.37. The van der Waals surface area contributed by atoms with Gasteiger partial charge in [0.05, 0.1) is 10.3 Å². The molecule has 0 fully saturated rings. The summed E-state index contributed by atoms with van der Waals surface area (Å²) in [6.07, 6.45) is 3.58. The standard InChI is InChI=1S/C8H8BrN3S/c9-7-6(1-4-13-7)5-12-3-2-11-8(12)10/h1-4H,5H2,(H2,10,11). The van der Waals surface area contributed by atoms with E-state index in [1.807, 2.05) is 16.1 Å². The lowest BCUT2D eigenvalue weighted by Gasteiger charge is -2.02. The van der Waals surface area contributed by atoms with Gasteiger partial charge in [0.1, 0.15) is 0 Å². The van der Waals surface area contributed by atoms with E-state index in [2.05, 4.69) is 27.0 Å². The van der Waals surface area contributed by atoms with Crippen LogP contribution in [0.3, 0.4) is 0 Å². The second-order valence-electron chi connectivity index (χ2n) is 2.63. The van der Waals surface area contributed by atoms with E-state index < -0.39 is 0 Å². The highest BCUT2D eigenvalue weighted by Crippen LogP contribution is 2.24. The van der Waals surface area contributed by atoms with Gasteiger partial charge in [-0.25, -0.2) is 4.98 Å². The van der Waals surface area contributed by atoms with Gasteiger partial charge in [-0.2, -0.15) is 0 Å². The number of nitrogen functional groups attached to an aromatic ring is 1. The van der Waals surface area contributed by atoms with Gasteiger partial charge in [-0.15, -0.1) is 11.3 Å². The molecular formula is C8H8BrN3S. The van der Waals surface area contributed by atoms with Crippen molar-refractivity contribution in [1.29, 1.82) is 0 Å². The molecule has 2 N–H and O–H groups in total. The van der Waals surface area contributed by atoms with Gasteiger partial charge < -0.3 is 10.3 Å². The Hall–Kier alpha value is -0.810. The largest absolute Gasteiger partial charge is 0.369 e. The minimum Gasteiger partial charge on any atom is -0.369 e. The lowest BCUT2D eigenvalue weighted by atomic mass is 10.3. The highest BCUT2D eigenvalue weighted by Gasteiger charge is 2.03. The van der Waals surface area contributed by atoms with E-state index in [0.29, 0.717) is 5.95 Å². The second kappa shape index (κ2) is 3.51. The molecule has 0 saturated carbocycles. The minimum absolute atomic E-state index is 0.554. The Morgan fingerprint density at radius 2 is 2.46 bits per heavy atom. The van der Waals surface area contributed by atoms with Crippen LogP contribution in [0.15, 0.2) is 27.6 Å². The van der Waals surface area contributed by atoms with Crippen LogP contribution in [0, 0.1) is 0 Å². The molecule has 0 aromatic carbocycles. The maximum atomic E-state index is 5.65. The van der Waals surface area contributed by atoms with Crippen molar-refractivity contribution in [2.75, 3.05) is 5.73 Å². The van der Waals surface area contributed by atoms with Crippen molar-refractivity contribution in [1.82, 2.24) is 9.55 Å². The van der Waals surface area contributed by atoms with Gasteiger partial charge in [0.25, 0.3) is 0 Å². The zero-order valence-corrected chi connectivity index (χ0v) is 9.18. The fourth-order valence-electron chi connectivity index (χ4n) is 1.09. The molecule has 0 unspecified atom stereocenters. The van der Waals surface area contributed by atoms with Gasteiger partial charge in [-0.05, 0) is 32.9 Å². The number of rotatable bonds is 2. The third kappa shape index (κ3) is 1.76. The van der Waals surface area contributed by atoms with Gasteiger partial charge in [-0.1, -0.05) is 0 Å². The van der Waals surface area contributed by atoms with Crippen molar-refractivity contribution in [3.8, 4) is 0 Å². The molecule has 0 radical (unpaired) electrons. The molecule has 0 atom stereocenters. The normalized spacial score (nSPS) is 10.5. The fourth-order valence-corrected chi connectivity index (χ4v) is 2.31. The zero-order valence-electron chi connectivity index (χ0n) is 6.77. The van der Waals surface area contributed by atoms with Crippen molar-refractivity contribution in [2.45, 2.75) is 6.54 Å². The quantitative estimate of drug-likeness (QED) is 0.898. The number of nitrogens with two attached hydrogens (primary N) is 1. The van der Waals surface area contributed by atoms with Crippen LogP contribution < -0.4 is 5.73 Å². The van der Waals surface area contributed by atoms with E-state index in [4.69, 9.17) is 5.73 Å². The predicted octanol–water partition coefficient (Wildman–Crippen LogP) is 2.34. The maximum Gasteiger partial charge on any atom is 0.200 e. The van der Waals surface area contributed by atoms with Gasteiger partial charge in [0, 0.05) is 12.4 Å². The fraction of sp³-hybridized carbons (Fsp3) is 0.125. The van der Waals surface area contributed by atoms with Gasteiger partial charge in [0.15, 0.2) is 5.95 Å². The maximum absolute atomic E-state index is 5.65. The molecule has 5 heteroatoms.